The molecule has 1 heterocycles. The number of aliphatic hydroxyl groups is 2. The first-order valence-electron chi connectivity index (χ1n) is 14.4. The number of nitrogens with zero attached hydrogens (tertiary/aromatic N) is 1. The average molecular weight is 585 g/mol. The maximum atomic E-state index is 13.7. The van der Waals surface area contributed by atoms with E-state index in [0.717, 1.165) is 11.1 Å². The van der Waals surface area contributed by atoms with Crippen molar-refractivity contribution in [1.29, 1.82) is 0 Å². The number of carbonyl (C=O) groups is 3. The van der Waals surface area contributed by atoms with Gasteiger partial charge in [0.05, 0.1) is 39.0 Å². The molecule has 1 aliphatic rings. The van der Waals surface area contributed by atoms with Gasteiger partial charge < -0.3 is 35.6 Å². The zero-order valence-corrected chi connectivity index (χ0v) is 24.6. The Balaban J connectivity index is 1.74. The first-order chi connectivity index (χ1) is 20.2. The molecule has 0 saturated carbocycles. The van der Waals surface area contributed by atoms with Crippen LogP contribution in [0.1, 0.15) is 25.0 Å². The molecule has 0 radical (unpaired) electrons. The van der Waals surface area contributed by atoms with Crippen molar-refractivity contribution in [3.63, 3.8) is 0 Å². The first-order valence-corrected chi connectivity index (χ1v) is 14.4. The summed E-state index contributed by atoms with van der Waals surface area (Å²) in [6, 6.07) is 14.0. The lowest BCUT2D eigenvalue weighted by atomic mass is 9.92. The van der Waals surface area contributed by atoms with Crippen molar-refractivity contribution in [3.05, 3.63) is 65.7 Å². The number of benzene rings is 2. The minimum atomic E-state index is -1.03. The van der Waals surface area contributed by atoms with Gasteiger partial charge >= 0.3 is 0 Å². The number of carbonyl (C=O) groups excluding carboxylic acids is 3. The van der Waals surface area contributed by atoms with Gasteiger partial charge in [0.15, 0.2) is 0 Å². The summed E-state index contributed by atoms with van der Waals surface area (Å²) in [5, 5.41) is 29.1. The van der Waals surface area contributed by atoms with Gasteiger partial charge in [0.1, 0.15) is 17.8 Å². The molecular weight excluding hydrogens is 540 g/mol. The number of rotatable bonds is 15. The van der Waals surface area contributed by atoms with Crippen LogP contribution in [0.5, 0.6) is 5.75 Å². The Morgan fingerprint density at radius 1 is 0.905 bits per heavy atom. The Morgan fingerprint density at radius 3 is 2.17 bits per heavy atom. The van der Waals surface area contributed by atoms with Crippen LogP contribution in [0.3, 0.4) is 0 Å². The van der Waals surface area contributed by atoms with Gasteiger partial charge in [-0.2, -0.15) is 0 Å². The van der Waals surface area contributed by atoms with Gasteiger partial charge in [-0.3, -0.25) is 19.3 Å². The lowest BCUT2D eigenvalue weighted by molar-refractivity contribution is -0.132. The third-order valence-electron chi connectivity index (χ3n) is 7.38. The molecule has 2 aromatic carbocycles. The normalized spacial score (nSPS) is 17.3. The Kier molecular flexibility index (Phi) is 13.2. The molecule has 3 amide bonds. The van der Waals surface area contributed by atoms with Crippen LogP contribution in [0.25, 0.3) is 0 Å². The highest BCUT2D eigenvalue weighted by Crippen LogP contribution is 2.15. The van der Waals surface area contributed by atoms with Gasteiger partial charge in [0.25, 0.3) is 0 Å². The number of aliphatic hydroxyl groups excluding tert-OH is 2. The quantitative estimate of drug-likeness (QED) is 0.200. The zero-order valence-electron chi connectivity index (χ0n) is 24.6. The van der Waals surface area contributed by atoms with E-state index in [1.54, 1.807) is 33.1 Å². The predicted octanol–water partition coefficient (Wildman–Crippen LogP) is 0.276. The summed E-state index contributed by atoms with van der Waals surface area (Å²) in [6.45, 7) is 5.57. The Hall–Kier alpha value is -3.51. The second kappa shape index (κ2) is 16.8. The lowest BCUT2D eigenvalue weighted by Gasteiger charge is -2.30. The molecule has 11 heteroatoms. The molecule has 3 rings (SSSR count). The van der Waals surface area contributed by atoms with Crippen LogP contribution in [0, 0.1) is 5.92 Å². The molecule has 11 nitrogen and oxygen atoms in total. The topological polar surface area (TPSA) is 149 Å². The van der Waals surface area contributed by atoms with Gasteiger partial charge in [0, 0.05) is 32.0 Å². The molecule has 5 N–H and O–H groups in total. The standard InChI is InChI=1S/C31H44N4O7/c1-21(20-36)29(38)26(17-23-7-5-4-6-8-23)33-31(40)27(18-24-9-11-25(41-3)12-10-24)34-30(39)22(2)32-28(37)19-35-13-15-42-16-14-35/h4-12,21-22,26-27,29,36,38H,13-20H2,1-3H3,(H,32,37)(H,33,40)(H,34,39). The molecule has 5 atom stereocenters. The molecule has 0 aliphatic carbocycles. The largest absolute Gasteiger partial charge is 0.497 e. The summed E-state index contributed by atoms with van der Waals surface area (Å²) in [7, 11) is 1.56. The number of ether oxygens (including phenoxy) is 2. The summed E-state index contributed by atoms with van der Waals surface area (Å²) in [5.41, 5.74) is 1.68. The van der Waals surface area contributed by atoms with Crippen molar-refractivity contribution < 1.29 is 34.1 Å². The van der Waals surface area contributed by atoms with Crippen molar-refractivity contribution in [2.24, 2.45) is 5.92 Å². The summed E-state index contributed by atoms with van der Waals surface area (Å²) < 4.78 is 10.5. The third-order valence-corrected chi connectivity index (χ3v) is 7.38. The van der Waals surface area contributed by atoms with Crippen LogP contribution in [-0.2, 0) is 32.0 Å². The molecule has 0 aromatic heterocycles. The van der Waals surface area contributed by atoms with Gasteiger partial charge in [-0.15, -0.1) is 0 Å². The SMILES string of the molecule is COc1ccc(CC(NC(=O)C(C)NC(=O)CN2CCOCC2)C(=O)NC(Cc2ccccc2)C(O)C(C)CO)cc1. The van der Waals surface area contributed by atoms with E-state index in [0.29, 0.717) is 38.5 Å². The van der Waals surface area contributed by atoms with E-state index >= 15 is 0 Å². The molecule has 0 spiro atoms. The van der Waals surface area contributed by atoms with Gasteiger partial charge in [-0.1, -0.05) is 49.4 Å². The van der Waals surface area contributed by atoms with Crippen molar-refractivity contribution in [2.45, 2.75) is 50.9 Å². The minimum absolute atomic E-state index is 0.152. The highest BCUT2D eigenvalue weighted by atomic mass is 16.5. The number of hydrogen-bond acceptors (Lipinski definition) is 8. The van der Waals surface area contributed by atoms with Crippen LogP contribution in [0.15, 0.2) is 54.6 Å². The molecule has 0 bridgehead atoms. The fourth-order valence-electron chi connectivity index (χ4n) is 4.73. The predicted molar refractivity (Wildman–Crippen MR) is 158 cm³/mol. The molecule has 1 aliphatic heterocycles. The van der Waals surface area contributed by atoms with Gasteiger partial charge in [-0.05, 0) is 36.6 Å². The fraction of sp³-hybridized carbons (Fsp3) is 0.516. The molecule has 5 unspecified atom stereocenters. The number of nitrogens with one attached hydrogen (secondary N) is 3. The van der Waals surface area contributed by atoms with Gasteiger partial charge in [-0.25, -0.2) is 0 Å². The summed E-state index contributed by atoms with van der Waals surface area (Å²) >= 11 is 0. The van der Waals surface area contributed by atoms with Crippen LogP contribution in [-0.4, -0.2) is 104 Å². The van der Waals surface area contributed by atoms with E-state index in [9.17, 15) is 24.6 Å². The fourth-order valence-corrected chi connectivity index (χ4v) is 4.73. The number of hydrogen-bond donors (Lipinski definition) is 5. The van der Waals surface area contributed by atoms with Crippen LogP contribution >= 0.6 is 0 Å². The van der Waals surface area contributed by atoms with Gasteiger partial charge in [0.2, 0.25) is 17.7 Å². The van der Waals surface area contributed by atoms with Crippen molar-refractivity contribution in [3.8, 4) is 5.75 Å². The highest BCUT2D eigenvalue weighted by molar-refractivity contribution is 5.92. The monoisotopic (exact) mass is 584 g/mol. The summed E-state index contributed by atoms with van der Waals surface area (Å²) in [5.74, 6) is -1.13. The highest BCUT2D eigenvalue weighted by Gasteiger charge is 2.31. The van der Waals surface area contributed by atoms with Crippen molar-refractivity contribution in [1.82, 2.24) is 20.9 Å². The zero-order chi connectivity index (χ0) is 30.5. The van der Waals surface area contributed by atoms with Crippen LogP contribution in [0.4, 0.5) is 0 Å². The second-order valence-electron chi connectivity index (χ2n) is 10.7. The number of morpholine rings is 1. The van der Waals surface area contributed by atoms with Crippen LogP contribution < -0.4 is 20.7 Å². The molecular formula is C31H44N4O7. The first kappa shape index (κ1) is 33.0. The Morgan fingerprint density at radius 2 is 1.55 bits per heavy atom. The van der Waals surface area contributed by atoms with E-state index < -0.39 is 42.0 Å². The van der Waals surface area contributed by atoms with E-state index in [1.807, 2.05) is 47.4 Å². The molecule has 1 saturated heterocycles. The molecule has 42 heavy (non-hydrogen) atoms. The molecule has 2 aromatic rings. The second-order valence-corrected chi connectivity index (χ2v) is 10.7. The average Bonchev–Trinajstić information content (AvgIpc) is 3.00. The number of amides is 3. The lowest BCUT2D eigenvalue weighted by Crippen LogP contribution is -2.57. The maximum Gasteiger partial charge on any atom is 0.243 e. The van der Waals surface area contributed by atoms with E-state index in [1.165, 1.54) is 0 Å². The smallest absolute Gasteiger partial charge is 0.243 e. The van der Waals surface area contributed by atoms with Crippen molar-refractivity contribution >= 4 is 17.7 Å². The summed E-state index contributed by atoms with van der Waals surface area (Å²) in [6.07, 6.45) is -0.537. The molecule has 1 fully saturated rings. The summed E-state index contributed by atoms with van der Waals surface area (Å²) in [4.78, 5) is 41.4. The van der Waals surface area contributed by atoms with Crippen molar-refractivity contribution in [2.75, 3.05) is 46.6 Å². The Bertz CT molecular complexity index is 1130. The maximum absolute atomic E-state index is 13.7. The van der Waals surface area contributed by atoms with E-state index in [-0.39, 0.29) is 25.5 Å². The Labute approximate surface area is 247 Å². The minimum Gasteiger partial charge on any atom is -0.497 e. The molecule has 230 valence electrons. The van der Waals surface area contributed by atoms with E-state index in [2.05, 4.69) is 16.0 Å². The van der Waals surface area contributed by atoms with E-state index in [4.69, 9.17) is 9.47 Å². The number of methoxy groups -OCH3 is 1. The third kappa shape index (κ3) is 10.4. The van der Waals surface area contributed by atoms with Crippen LogP contribution in [0.2, 0.25) is 0 Å².